The fourth-order valence-corrected chi connectivity index (χ4v) is 2.28. The summed E-state index contributed by atoms with van der Waals surface area (Å²) in [7, 11) is 1.33. The van der Waals surface area contributed by atoms with Crippen LogP contribution < -0.4 is 10.2 Å². The molecule has 116 valence electrons. The van der Waals surface area contributed by atoms with Crippen molar-refractivity contribution in [1.29, 1.82) is 0 Å². The molecule has 1 aromatic rings. The van der Waals surface area contributed by atoms with Gasteiger partial charge in [-0.25, -0.2) is 4.79 Å². The molecule has 0 bridgehead atoms. The summed E-state index contributed by atoms with van der Waals surface area (Å²) in [6.45, 7) is 5.98. The standard InChI is InChI=1S/C16H19N3O3/c1-4-19(5-2)12-8-6-11(7-9-12)10-13-14(20)17-16(22)18(3)15(13)21/h6-10H,4-5H2,1-3H3,(H,17,20,22)/b13-10+. The van der Waals surface area contributed by atoms with Crippen molar-refractivity contribution in [3.05, 3.63) is 35.4 Å². The first kappa shape index (κ1) is 15.8. The number of nitrogens with one attached hydrogen (secondary N) is 1. The third-order valence-electron chi connectivity index (χ3n) is 3.64. The Labute approximate surface area is 129 Å². The van der Waals surface area contributed by atoms with Gasteiger partial charge in [-0.3, -0.25) is 19.8 Å². The minimum absolute atomic E-state index is 0.0438. The quantitative estimate of drug-likeness (QED) is 0.678. The van der Waals surface area contributed by atoms with E-state index in [9.17, 15) is 14.4 Å². The SMILES string of the molecule is CCN(CC)c1ccc(/C=C2\C(=O)NC(=O)N(C)C2=O)cc1. The number of likely N-dealkylation sites (N-methyl/N-ethyl adjacent to an activating group) is 1. The summed E-state index contributed by atoms with van der Waals surface area (Å²) in [5.41, 5.74) is 1.77. The molecule has 1 heterocycles. The smallest absolute Gasteiger partial charge is 0.331 e. The number of carbonyl (C=O) groups excluding carboxylic acids is 3. The van der Waals surface area contributed by atoms with E-state index >= 15 is 0 Å². The molecule has 0 saturated carbocycles. The molecule has 1 aliphatic rings. The minimum atomic E-state index is -0.705. The number of hydrogen-bond acceptors (Lipinski definition) is 4. The van der Waals surface area contributed by atoms with Crippen LogP contribution >= 0.6 is 0 Å². The molecule has 1 aliphatic heterocycles. The van der Waals surface area contributed by atoms with Gasteiger partial charge in [-0.15, -0.1) is 0 Å². The van der Waals surface area contributed by atoms with Gasteiger partial charge in [0.2, 0.25) is 0 Å². The predicted octanol–water partition coefficient (Wildman–Crippen LogP) is 1.62. The number of carbonyl (C=O) groups is 3. The zero-order valence-corrected chi connectivity index (χ0v) is 12.9. The third kappa shape index (κ3) is 3.00. The van der Waals surface area contributed by atoms with E-state index < -0.39 is 17.8 Å². The number of nitrogens with zero attached hydrogens (tertiary/aromatic N) is 2. The lowest BCUT2D eigenvalue weighted by Gasteiger charge is -2.22. The highest BCUT2D eigenvalue weighted by molar-refractivity contribution is 6.30. The predicted molar refractivity (Wildman–Crippen MR) is 84.3 cm³/mol. The van der Waals surface area contributed by atoms with Gasteiger partial charge < -0.3 is 4.90 Å². The third-order valence-corrected chi connectivity index (χ3v) is 3.64. The van der Waals surface area contributed by atoms with E-state index in [0.717, 1.165) is 29.2 Å². The fraction of sp³-hybridized carbons (Fsp3) is 0.312. The van der Waals surface area contributed by atoms with Crippen molar-refractivity contribution in [3.8, 4) is 0 Å². The van der Waals surface area contributed by atoms with Gasteiger partial charge in [-0.1, -0.05) is 12.1 Å². The zero-order valence-electron chi connectivity index (χ0n) is 12.9. The number of hydrogen-bond donors (Lipinski definition) is 1. The van der Waals surface area contributed by atoms with E-state index in [1.165, 1.54) is 13.1 Å². The second-order valence-corrected chi connectivity index (χ2v) is 4.95. The van der Waals surface area contributed by atoms with Crippen LogP contribution in [0.3, 0.4) is 0 Å². The van der Waals surface area contributed by atoms with E-state index in [1.807, 2.05) is 24.3 Å². The molecule has 0 unspecified atom stereocenters. The normalized spacial score (nSPS) is 17.0. The highest BCUT2D eigenvalue weighted by Crippen LogP contribution is 2.18. The van der Waals surface area contributed by atoms with Crippen LogP contribution in [0, 0.1) is 0 Å². The molecule has 1 N–H and O–H groups in total. The number of anilines is 1. The van der Waals surface area contributed by atoms with Crippen molar-refractivity contribution < 1.29 is 14.4 Å². The molecule has 1 aromatic carbocycles. The Morgan fingerprint density at radius 3 is 2.23 bits per heavy atom. The fourth-order valence-electron chi connectivity index (χ4n) is 2.28. The molecule has 1 saturated heterocycles. The van der Waals surface area contributed by atoms with Gasteiger partial charge in [0.05, 0.1) is 0 Å². The lowest BCUT2D eigenvalue weighted by atomic mass is 10.1. The lowest BCUT2D eigenvalue weighted by molar-refractivity contribution is -0.129. The van der Waals surface area contributed by atoms with Crippen LogP contribution in [-0.2, 0) is 9.59 Å². The largest absolute Gasteiger partial charge is 0.372 e. The monoisotopic (exact) mass is 301 g/mol. The molecule has 4 amide bonds. The topological polar surface area (TPSA) is 69.7 Å². The average Bonchev–Trinajstić information content (AvgIpc) is 2.52. The Balaban J connectivity index is 2.27. The van der Waals surface area contributed by atoms with Crippen LogP contribution in [0.2, 0.25) is 0 Å². The molecule has 6 nitrogen and oxygen atoms in total. The van der Waals surface area contributed by atoms with Gasteiger partial charge in [0.15, 0.2) is 0 Å². The Hall–Kier alpha value is -2.63. The molecule has 0 aromatic heterocycles. The number of imide groups is 2. The number of amides is 4. The minimum Gasteiger partial charge on any atom is -0.372 e. The molecular formula is C16H19N3O3. The van der Waals surface area contributed by atoms with Gasteiger partial charge in [-0.05, 0) is 37.6 Å². The summed E-state index contributed by atoms with van der Waals surface area (Å²) in [4.78, 5) is 38.2. The van der Waals surface area contributed by atoms with Gasteiger partial charge in [0, 0.05) is 25.8 Å². The Morgan fingerprint density at radius 2 is 1.68 bits per heavy atom. The van der Waals surface area contributed by atoms with Crippen LogP contribution in [0.1, 0.15) is 19.4 Å². The van der Waals surface area contributed by atoms with E-state index in [-0.39, 0.29) is 5.57 Å². The maximum Gasteiger partial charge on any atom is 0.331 e. The summed E-state index contributed by atoms with van der Waals surface area (Å²) in [6, 6.07) is 6.87. The molecule has 0 aliphatic carbocycles. The van der Waals surface area contributed by atoms with Gasteiger partial charge in [0.1, 0.15) is 5.57 Å². The molecule has 6 heteroatoms. The van der Waals surface area contributed by atoms with Crippen molar-refractivity contribution >= 4 is 29.6 Å². The highest BCUT2D eigenvalue weighted by Gasteiger charge is 2.32. The summed E-state index contributed by atoms with van der Waals surface area (Å²) < 4.78 is 0. The van der Waals surface area contributed by atoms with Crippen LogP contribution in [-0.4, -0.2) is 42.9 Å². The van der Waals surface area contributed by atoms with Crippen molar-refractivity contribution in [2.24, 2.45) is 0 Å². The van der Waals surface area contributed by atoms with Crippen LogP contribution in [0.5, 0.6) is 0 Å². The van der Waals surface area contributed by atoms with Gasteiger partial charge >= 0.3 is 6.03 Å². The average molecular weight is 301 g/mol. The van der Waals surface area contributed by atoms with Gasteiger partial charge in [-0.2, -0.15) is 0 Å². The molecule has 0 spiro atoms. The van der Waals surface area contributed by atoms with Crippen molar-refractivity contribution in [3.63, 3.8) is 0 Å². The molecule has 22 heavy (non-hydrogen) atoms. The number of urea groups is 1. The first-order chi connectivity index (χ1) is 10.5. The van der Waals surface area contributed by atoms with E-state index in [2.05, 4.69) is 24.1 Å². The van der Waals surface area contributed by atoms with Crippen LogP contribution in [0.15, 0.2) is 29.8 Å². The van der Waals surface area contributed by atoms with Crippen LogP contribution in [0.25, 0.3) is 6.08 Å². The Kier molecular flexibility index (Phi) is 4.60. The number of rotatable bonds is 4. The lowest BCUT2D eigenvalue weighted by Crippen LogP contribution is -2.52. The van der Waals surface area contributed by atoms with Crippen LogP contribution in [0.4, 0.5) is 10.5 Å². The second kappa shape index (κ2) is 6.43. The Morgan fingerprint density at radius 1 is 1.09 bits per heavy atom. The van der Waals surface area contributed by atoms with Gasteiger partial charge in [0.25, 0.3) is 11.8 Å². The van der Waals surface area contributed by atoms with E-state index in [4.69, 9.17) is 0 Å². The molecule has 2 rings (SSSR count). The Bertz CT molecular complexity index is 631. The number of benzene rings is 1. The van der Waals surface area contributed by atoms with E-state index in [0.29, 0.717) is 0 Å². The summed E-state index contributed by atoms with van der Waals surface area (Å²) >= 11 is 0. The summed E-state index contributed by atoms with van der Waals surface area (Å²) in [6.07, 6.45) is 1.49. The second-order valence-electron chi connectivity index (χ2n) is 4.95. The van der Waals surface area contributed by atoms with Crippen molar-refractivity contribution in [2.45, 2.75) is 13.8 Å². The first-order valence-corrected chi connectivity index (χ1v) is 7.18. The highest BCUT2D eigenvalue weighted by atomic mass is 16.2. The first-order valence-electron chi connectivity index (χ1n) is 7.18. The molecule has 1 fully saturated rings. The van der Waals surface area contributed by atoms with Crippen molar-refractivity contribution in [1.82, 2.24) is 10.2 Å². The molecular weight excluding hydrogens is 282 g/mol. The molecule has 0 radical (unpaired) electrons. The maximum absolute atomic E-state index is 12.0. The number of barbiturate groups is 1. The summed E-state index contributed by atoms with van der Waals surface area (Å²) in [5, 5.41) is 2.13. The molecule has 0 atom stereocenters. The maximum atomic E-state index is 12.0. The summed E-state index contributed by atoms with van der Waals surface area (Å²) in [5.74, 6) is -1.26. The zero-order chi connectivity index (χ0) is 16.3. The van der Waals surface area contributed by atoms with Crippen molar-refractivity contribution in [2.75, 3.05) is 25.0 Å². The van der Waals surface area contributed by atoms with E-state index in [1.54, 1.807) is 0 Å².